The Morgan fingerprint density at radius 2 is 1.97 bits per heavy atom. The van der Waals surface area contributed by atoms with Crippen LogP contribution in [0.4, 0.5) is 5.69 Å². The average Bonchev–Trinajstić information content (AvgIpc) is 3.51. The number of nitrogens with one attached hydrogen (secondary N) is 1. The number of methoxy groups -OCH3 is 1. The van der Waals surface area contributed by atoms with Crippen LogP contribution < -0.4 is 10.1 Å². The number of likely N-dealkylation sites (tertiary alicyclic amines) is 1. The quantitative estimate of drug-likeness (QED) is 0.680. The number of hydrogen-bond donors (Lipinski definition) is 1. The molecule has 0 saturated carbocycles. The van der Waals surface area contributed by atoms with E-state index < -0.39 is 16.1 Å². The summed E-state index contributed by atoms with van der Waals surface area (Å²) in [6.45, 7) is 1.67. The van der Waals surface area contributed by atoms with E-state index in [4.69, 9.17) is 9.47 Å². The minimum absolute atomic E-state index is 0.0161. The van der Waals surface area contributed by atoms with Crippen LogP contribution in [0.5, 0.6) is 5.75 Å². The highest BCUT2D eigenvalue weighted by Gasteiger charge is 2.35. The van der Waals surface area contributed by atoms with E-state index in [1.807, 2.05) is 5.38 Å². The molecule has 0 aliphatic carbocycles. The van der Waals surface area contributed by atoms with Crippen LogP contribution >= 0.6 is 11.3 Å². The molecule has 2 saturated heterocycles. The predicted octanol–water partition coefficient (Wildman–Crippen LogP) is 2.02. The summed E-state index contributed by atoms with van der Waals surface area (Å²) >= 11 is 1.34. The van der Waals surface area contributed by atoms with Gasteiger partial charge in [0.1, 0.15) is 16.7 Å². The molecule has 2 aromatic rings. The number of anilines is 1. The predicted molar refractivity (Wildman–Crippen MR) is 120 cm³/mol. The minimum atomic E-state index is -3.82. The number of morpholine rings is 1. The van der Waals surface area contributed by atoms with Crippen LogP contribution in [-0.4, -0.2) is 75.4 Å². The summed E-state index contributed by atoms with van der Waals surface area (Å²) in [5.41, 5.74) is 0.332. The Morgan fingerprint density at radius 3 is 2.66 bits per heavy atom. The molecule has 11 heteroatoms. The molecule has 0 bridgehead atoms. The molecule has 0 spiro atoms. The molecule has 1 aromatic carbocycles. The van der Waals surface area contributed by atoms with Crippen LogP contribution in [0, 0.1) is 0 Å². The number of ether oxygens (including phenoxy) is 2. The van der Waals surface area contributed by atoms with Crippen LogP contribution in [0.1, 0.15) is 22.5 Å². The SMILES string of the molecule is COc1ccc(NC(=O)C2CCCN2C(=O)c2cccs2)cc1S(=O)(=O)N1CCOCC1. The largest absolute Gasteiger partial charge is 0.495 e. The first-order valence-electron chi connectivity index (χ1n) is 10.3. The fourth-order valence-electron chi connectivity index (χ4n) is 3.93. The Hall–Kier alpha value is -2.47. The second-order valence-electron chi connectivity index (χ2n) is 7.51. The van der Waals surface area contributed by atoms with Crippen molar-refractivity contribution in [1.82, 2.24) is 9.21 Å². The normalized spacial score (nSPS) is 19.7. The van der Waals surface area contributed by atoms with Gasteiger partial charge in [0.2, 0.25) is 15.9 Å². The van der Waals surface area contributed by atoms with Crippen molar-refractivity contribution in [2.24, 2.45) is 0 Å². The van der Waals surface area contributed by atoms with Crippen molar-refractivity contribution in [2.45, 2.75) is 23.8 Å². The maximum atomic E-state index is 13.2. The third-order valence-electron chi connectivity index (χ3n) is 5.57. The smallest absolute Gasteiger partial charge is 0.264 e. The Balaban J connectivity index is 1.54. The van der Waals surface area contributed by atoms with Gasteiger partial charge in [-0.1, -0.05) is 6.07 Å². The fourth-order valence-corrected chi connectivity index (χ4v) is 6.20. The van der Waals surface area contributed by atoms with Crippen LogP contribution in [0.2, 0.25) is 0 Å². The summed E-state index contributed by atoms with van der Waals surface area (Å²) in [6, 6.07) is 7.46. The van der Waals surface area contributed by atoms with Crippen molar-refractivity contribution >= 4 is 38.9 Å². The van der Waals surface area contributed by atoms with Gasteiger partial charge in [-0.25, -0.2) is 8.42 Å². The molecule has 0 radical (unpaired) electrons. The van der Waals surface area contributed by atoms with Gasteiger partial charge in [-0.2, -0.15) is 4.31 Å². The van der Waals surface area contributed by atoms with Gasteiger partial charge in [0, 0.05) is 25.3 Å². The molecule has 32 heavy (non-hydrogen) atoms. The van der Waals surface area contributed by atoms with Crippen molar-refractivity contribution in [3.63, 3.8) is 0 Å². The fraction of sp³-hybridized carbons (Fsp3) is 0.429. The number of sulfonamides is 1. The molecule has 1 atom stereocenters. The highest BCUT2D eigenvalue weighted by molar-refractivity contribution is 7.89. The summed E-state index contributed by atoms with van der Waals surface area (Å²) in [4.78, 5) is 27.9. The molecule has 1 aromatic heterocycles. The molecular weight excluding hydrogens is 454 g/mol. The zero-order valence-corrected chi connectivity index (χ0v) is 19.3. The maximum Gasteiger partial charge on any atom is 0.264 e. The van der Waals surface area contributed by atoms with Gasteiger partial charge in [-0.05, 0) is 42.5 Å². The first-order valence-corrected chi connectivity index (χ1v) is 12.6. The van der Waals surface area contributed by atoms with Crippen molar-refractivity contribution in [3.8, 4) is 5.75 Å². The Kier molecular flexibility index (Phi) is 6.79. The first-order chi connectivity index (χ1) is 15.4. The molecule has 1 N–H and O–H groups in total. The Bertz CT molecular complexity index is 1080. The monoisotopic (exact) mass is 479 g/mol. The molecule has 2 aliphatic rings. The van der Waals surface area contributed by atoms with Gasteiger partial charge in [0.05, 0.1) is 25.2 Å². The summed E-state index contributed by atoms with van der Waals surface area (Å²) in [6.07, 6.45) is 1.28. The van der Waals surface area contributed by atoms with Crippen LogP contribution in [-0.2, 0) is 19.6 Å². The summed E-state index contributed by atoms with van der Waals surface area (Å²) in [5.74, 6) is -0.305. The van der Waals surface area contributed by atoms with Gasteiger partial charge in [-0.15, -0.1) is 11.3 Å². The summed E-state index contributed by atoms with van der Waals surface area (Å²) < 4.78 is 38.2. The van der Waals surface area contributed by atoms with Gasteiger partial charge in [-0.3, -0.25) is 9.59 Å². The van der Waals surface area contributed by atoms with E-state index in [1.165, 1.54) is 34.9 Å². The van der Waals surface area contributed by atoms with E-state index >= 15 is 0 Å². The molecule has 9 nitrogen and oxygen atoms in total. The van der Waals surface area contributed by atoms with Gasteiger partial charge in [0.25, 0.3) is 5.91 Å². The molecule has 2 aliphatic heterocycles. The molecule has 1 unspecified atom stereocenters. The Labute approximate surface area is 191 Å². The van der Waals surface area contributed by atoms with Crippen molar-refractivity contribution < 1.29 is 27.5 Å². The number of nitrogens with zero attached hydrogens (tertiary/aromatic N) is 2. The van der Waals surface area contributed by atoms with E-state index in [9.17, 15) is 18.0 Å². The first kappa shape index (κ1) is 22.7. The number of carbonyl (C=O) groups excluding carboxylic acids is 2. The van der Waals surface area contributed by atoms with Gasteiger partial charge in [0.15, 0.2) is 0 Å². The second-order valence-corrected chi connectivity index (χ2v) is 10.4. The molecule has 2 fully saturated rings. The van der Waals surface area contributed by atoms with Crippen LogP contribution in [0.15, 0.2) is 40.6 Å². The highest BCUT2D eigenvalue weighted by Crippen LogP contribution is 2.31. The zero-order valence-electron chi connectivity index (χ0n) is 17.7. The number of carbonyl (C=O) groups is 2. The van der Waals surface area contributed by atoms with Gasteiger partial charge >= 0.3 is 0 Å². The lowest BCUT2D eigenvalue weighted by Gasteiger charge is -2.27. The van der Waals surface area contributed by atoms with E-state index in [1.54, 1.807) is 23.1 Å². The second kappa shape index (κ2) is 9.57. The average molecular weight is 480 g/mol. The number of benzene rings is 1. The van der Waals surface area contributed by atoms with Gasteiger partial charge < -0.3 is 19.7 Å². The third-order valence-corrected chi connectivity index (χ3v) is 8.35. The molecule has 2 amide bonds. The molecule has 3 heterocycles. The van der Waals surface area contributed by atoms with Crippen LogP contribution in [0.25, 0.3) is 0 Å². The van der Waals surface area contributed by atoms with E-state index in [0.29, 0.717) is 36.7 Å². The lowest BCUT2D eigenvalue weighted by atomic mass is 10.2. The number of hydrogen-bond acceptors (Lipinski definition) is 7. The van der Waals surface area contributed by atoms with E-state index in [0.717, 1.165) is 6.42 Å². The number of amides is 2. The van der Waals surface area contributed by atoms with Crippen molar-refractivity contribution in [1.29, 1.82) is 0 Å². The zero-order chi connectivity index (χ0) is 22.7. The summed E-state index contributed by atoms with van der Waals surface area (Å²) in [5, 5.41) is 4.61. The molecule has 172 valence electrons. The lowest BCUT2D eigenvalue weighted by Crippen LogP contribution is -2.43. The Morgan fingerprint density at radius 1 is 1.19 bits per heavy atom. The van der Waals surface area contributed by atoms with Crippen molar-refractivity contribution in [3.05, 3.63) is 40.6 Å². The van der Waals surface area contributed by atoms with Crippen molar-refractivity contribution in [2.75, 3.05) is 45.3 Å². The van der Waals surface area contributed by atoms with E-state index in [-0.39, 0.29) is 35.5 Å². The maximum absolute atomic E-state index is 13.2. The summed E-state index contributed by atoms with van der Waals surface area (Å²) in [7, 11) is -2.42. The van der Waals surface area contributed by atoms with E-state index in [2.05, 4.69) is 5.32 Å². The molecule has 4 rings (SSSR count). The third kappa shape index (κ3) is 4.51. The minimum Gasteiger partial charge on any atom is -0.495 e. The standard InChI is InChI=1S/C21H25N3O6S2/c1-29-17-7-6-15(14-19(17)32(27,28)23-9-11-30-12-10-23)22-20(25)16-4-2-8-24(16)21(26)18-5-3-13-31-18/h3,5-7,13-14,16H,2,4,8-12H2,1H3,(H,22,25). The lowest BCUT2D eigenvalue weighted by molar-refractivity contribution is -0.119. The molecular formula is C21H25N3O6S2. The number of rotatable bonds is 6. The number of thiophene rings is 1. The topological polar surface area (TPSA) is 105 Å². The van der Waals surface area contributed by atoms with Crippen LogP contribution in [0.3, 0.4) is 0 Å². The highest BCUT2D eigenvalue weighted by atomic mass is 32.2.